The number of aromatic nitrogens is 1. The van der Waals surface area contributed by atoms with E-state index in [-0.39, 0.29) is 0 Å². The molecule has 0 radical (unpaired) electrons. The minimum Gasteiger partial charge on any atom is -0.508 e. The molecule has 3 nitrogen and oxygen atoms in total. The van der Waals surface area contributed by atoms with E-state index in [2.05, 4.69) is 26.2 Å². The zero-order chi connectivity index (χ0) is 12.3. The van der Waals surface area contributed by atoms with E-state index in [1.165, 1.54) is 0 Å². The summed E-state index contributed by atoms with van der Waals surface area (Å²) in [4.78, 5) is 4.06. The van der Waals surface area contributed by atoms with Gasteiger partial charge in [0.2, 0.25) is 0 Å². The third-order valence-corrected chi connectivity index (χ3v) is 2.86. The summed E-state index contributed by atoms with van der Waals surface area (Å²) in [7, 11) is 0. The van der Waals surface area contributed by atoms with Crippen molar-refractivity contribution in [2.24, 2.45) is 0 Å². The number of nitrogens with one attached hydrogen (secondary N) is 1. The first-order valence-corrected chi connectivity index (χ1v) is 6.07. The number of nitrogens with zero attached hydrogens (tertiary/aromatic N) is 1. The molecule has 0 bridgehead atoms. The van der Waals surface area contributed by atoms with Crippen LogP contribution in [0.15, 0.2) is 41.1 Å². The van der Waals surface area contributed by atoms with Crippen LogP contribution in [0.3, 0.4) is 0 Å². The minimum absolute atomic E-state index is 0.311. The van der Waals surface area contributed by atoms with Crippen molar-refractivity contribution in [3.8, 4) is 5.75 Å². The van der Waals surface area contributed by atoms with Crippen LogP contribution in [0.2, 0.25) is 0 Å². The van der Waals surface area contributed by atoms with Crippen molar-refractivity contribution in [3.63, 3.8) is 0 Å². The molecule has 0 fully saturated rings. The lowest BCUT2D eigenvalue weighted by molar-refractivity contribution is 0.469. The summed E-state index contributed by atoms with van der Waals surface area (Å²) in [5, 5.41) is 12.9. The molecule has 0 amide bonds. The summed E-state index contributed by atoms with van der Waals surface area (Å²) in [5.41, 5.74) is 2.93. The largest absolute Gasteiger partial charge is 0.508 e. The molecule has 2 N–H and O–H groups in total. The van der Waals surface area contributed by atoms with Gasteiger partial charge in [-0.1, -0.05) is 17.7 Å². The highest BCUT2D eigenvalue weighted by Gasteiger charge is 2.01. The second kappa shape index (κ2) is 5.19. The number of aromatic hydroxyl groups is 1. The van der Waals surface area contributed by atoms with Crippen molar-refractivity contribution < 1.29 is 5.11 Å². The van der Waals surface area contributed by atoms with Crippen LogP contribution in [0.4, 0.5) is 5.69 Å². The molecule has 0 spiro atoms. The molecule has 4 heteroatoms. The normalized spacial score (nSPS) is 10.2. The van der Waals surface area contributed by atoms with Crippen LogP contribution in [0.1, 0.15) is 11.1 Å². The quantitative estimate of drug-likeness (QED) is 0.910. The number of hydrogen-bond acceptors (Lipinski definition) is 3. The maximum Gasteiger partial charge on any atom is 0.120 e. The number of rotatable bonds is 3. The van der Waals surface area contributed by atoms with E-state index in [4.69, 9.17) is 0 Å². The second-order valence-electron chi connectivity index (χ2n) is 3.88. The van der Waals surface area contributed by atoms with Crippen LogP contribution in [-0.2, 0) is 6.54 Å². The Morgan fingerprint density at radius 2 is 2.12 bits per heavy atom. The first-order valence-electron chi connectivity index (χ1n) is 5.28. The summed E-state index contributed by atoms with van der Waals surface area (Å²) in [5.74, 6) is 0.311. The van der Waals surface area contributed by atoms with Crippen molar-refractivity contribution in [3.05, 3.63) is 52.3 Å². The molecular formula is C13H13BrN2O. The molecule has 0 unspecified atom stereocenters. The average molecular weight is 293 g/mol. The Labute approximate surface area is 109 Å². The highest BCUT2D eigenvalue weighted by atomic mass is 79.9. The van der Waals surface area contributed by atoms with E-state index >= 15 is 0 Å². The Morgan fingerprint density at radius 1 is 1.29 bits per heavy atom. The predicted molar refractivity (Wildman–Crippen MR) is 72.1 cm³/mol. The third-order valence-electron chi connectivity index (χ3n) is 2.42. The minimum atomic E-state index is 0.311. The van der Waals surface area contributed by atoms with Gasteiger partial charge in [-0.05, 0) is 35.0 Å². The Morgan fingerprint density at radius 3 is 2.88 bits per heavy atom. The van der Waals surface area contributed by atoms with E-state index < -0.39 is 0 Å². The highest BCUT2D eigenvalue weighted by Crippen LogP contribution is 2.20. The van der Waals surface area contributed by atoms with Gasteiger partial charge in [0.05, 0.1) is 11.9 Å². The van der Waals surface area contributed by atoms with Gasteiger partial charge < -0.3 is 10.4 Å². The summed E-state index contributed by atoms with van der Waals surface area (Å²) in [6.07, 6.45) is 3.48. The number of aryl methyl sites for hydroxylation is 1. The molecule has 88 valence electrons. The Balaban J connectivity index is 2.09. The van der Waals surface area contributed by atoms with Crippen LogP contribution in [0.5, 0.6) is 5.75 Å². The van der Waals surface area contributed by atoms with Gasteiger partial charge in [-0.2, -0.15) is 0 Å². The molecule has 1 aromatic heterocycles. The van der Waals surface area contributed by atoms with Crippen LogP contribution in [-0.4, -0.2) is 10.1 Å². The molecule has 0 saturated heterocycles. The van der Waals surface area contributed by atoms with E-state index in [1.807, 2.05) is 25.1 Å². The number of pyridine rings is 1. The lowest BCUT2D eigenvalue weighted by atomic mass is 10.1. The topological polar surface area (TPSA) is 45.1 Å². The fourth-order valence-electron chi connectivity index (χ4n) is 1.56. The van der Waals surface area contributed by atoms with E-state index in [0.29, 0.717) is 12.3 Å². The van der Waals surface area contributed by atoms with E-state index in [1.54, 1.807) is 18.5 Å². The third kappa shape index (κ3) is 3.20. The Kier molecular flexibility index (Phi) is 3.64. The molecule has 0 aliphatic heterocycles. The Hall–Kier alpha value is -1.55. The molecule has 0 aliphatic rings. The summed E-state index contributed by atoms with van der Waals surface area (Å²) in [6.45, 7) is 2.58. The van der Waals surface area contributed by atoms with Crippen molar-refractivity contribution in [1.29, 1.82) is 0 Å². The van der Waals surface area contributed by atoms with Crippen molar-refractivity contribution in [2.75, 3.05) is 5.32 Å². The molecule has 2 rings (SSSR count). The molecule has 2 aromatic rings. The monoisotopic (exact) mass is 292 g/mol. The van der Waals surface area contributed by atoms with Gasteiger partial charge in [-0.25, -0.2) is 0 Å². The van der Waals surface area contributed by atoms with Crippen molar-refractivity contribution in [2.45, 2.75) is 13.5 Å². The van der Waals surface area contributed by atoms with Gasteiger partial charge in [-0.15, -0.1) is 0 Å². The maximum absolute atomic E-state index is 9.70. The van der Waals surface area contributed by atoms with E-state index in [9.17, 15) is 5.11 Å². The van der Waals surface area contributed by atoms with Gasteiger partial charge in [0.1, 0.15) is 5.75 Å². The standard InChI is InChI=1S/C13H13BrN2O/c1-9-2-3-13(17)10(4-9)6-16-12-5-11(14)7-15-8-12/h2-5,7-8,16-17H,6H2,1H3. The van der Waals surface area contributed by atoms with Gasteiger partial charge >= 0.3 is 0 Å². The zero-order valence-electron chi connectivity index (χ0n) is 9.44. The Bertz CT molecular complexity index is 529. The molecule has 1 heterocycles. The van der Waals surface area contributed by atoms with Gasteiger partial charge in [0, 0.05) is 22.8 Å². The zero-order valence-corrected chi connectivity index (χ0v) is 11.0. The first-order chi connectivity index (χ1) is 8.15. The van der Waals surface area contributed by atoms with Gasteiger partial charge in [0.15, 0.2) is 0 Å². The SMILES string of the molecule is Cc1ccc(O)c(CNc2cncc(Br)c2)c1. The smallest absolute Gasteiger partial charge is 0.120 e. The van der Waals surface area contributed by atoms with Crippen LogP contribution in [0, 0.1) is 6.92 Å². The van der Waals surface area contributed by atoms with Crippen molar-refractivity contribution in [1.82, 2.24) is 4.98 Å². The number of phenols is 1. The first kappa shape index (κ1) is 11.9. The molecule has 1 aromatic carbocycles. The predicted octanol–water partition coefficient (Wildman–Crippen LogP) is 3.47. The fraction of sp³-hybridized carbons (Fsp3) is 0.154. The number of benzene rings is 1. The number of anilines is 1. The van der Waals surface area contributed by atoms with E-state index in [0.717, 1.165) is 21.3 Å². The van der Waals surface area contributed by atoms with Crippen LogP contribution < -0.4 is 5.32 Å². The van der Waals surface area contributed by atoms with Gasteiger partial charge in [0.25, 0.3) is 0 Å². The molecule has 0 saturated carbocycles. The van der Waals surface area contributed by atoms with Crippen LogP contribution in [0.25, 0.3) is 0 Å². The molecule has 17 heavy (non-hydrogen) atoms. The van der Waals surface area contributed by atoms with Crippen LogP contribution >= 0.6 is 15.9 Å². The molecule has 0 atom stereocenters. The summed E-state index contributed by atoms with van der Waals surface area (Å²) in [6, 6.07) is 7.51. The molecule has 0 aliphatic carbocycles. The molecular weight excluding hydrogens is 280 g/mol. The van der Waals surface area contributed by atoms with Crippen molar-refractivity contribution >= 4 is 21.6 Å². The summed E-state index contributed by atoms with van der Waals surface area (Å²) < 4.78 is 0.927. The maximum atomic E-state index is 9.70. The fourth-order valence-corrected chi connectivity index (χ4v) is 1.93. The second-order valence-corrected chi connectivity index (χ2v) is 4.79. The number of phenolic OH excluding ortho intramolecular Hbond substituents is 1. The summed E-state index contributed by atoms with van der Waals surface area (Å²) >= 11 is 3.36. The average Bonchev–Trinajstić information content (AvgIpc) is 2.30. The van der Waals surface area contributed by atoms with Gasteiger partial charge in [-0.3, -0.25) is 4.98 Å². The number of hydrogen-bond donors (Lipinski definition) is 2. The number of halogens is 1. The highest BCUT2D eigenvalue weighted by molar-refractivity contribution is 9.10. The lowest BCUT2D eigenvalue weighted by Gasteiger charge is -2.08. The lowest BCUT2D eigenvalue weighted by Crippen LogP contribution is -2.00.